The van der Waals surface area contributed by atoms with Gasteiger partial charge < -0.3 is 9.47 Å². The Morgan fingerprint density at radius 2 is 1.45 bits per heavy atom. The summed E-state index contributed by atoms with van der Waals surface area (Å²) in [6, 6.07) is 15.9. The van der Waals surface area contributed by atoms with Crippen LogP contribution >= 0.6 is 0 Å². The number of hydrogen-bond acceptors (Lipinski definition) is 6. The molecule has 33 heavy (non-hydrogen) atoms. The molecule has 0 unspecified atom stereocenters. The smallest absolute Gasteiger partial charge is 0.295 e. The lowest BCUT2D eigenvalue weighted by atomic mass is 9.93. The maximum absolute atomic E-state index is 12.4. The van der Waals surface area contributed by atoms with Crippen molar-refractivity contribution in [3.63, 3.8) is 0 Å². The highest BCUT2D eigenvalue weighted by atomic mass is 32.2. The van der Waals surface area contributed by atoms with E-state index < -0.39 is 15.0 Å². The molecule has 0 aliphatic heterocycles. The van der Waals surface area contributed by atoms with Crippen LogP contribution < -0.4 is 9.47 Å². The van der Waals surface area contributed by atoms with Gasteiger partial charge >= 0.3 is 0 Å². The van der Waals surface area contributed by atoms with Gasteiger partial charge in [0, 0.05) is 28.5 Å². The van der Waals surface area contributed by atoms with Gasteiger partial charge in [-0.1, -0.05) is 30.3 Å². The third kappa shape index (κ3) is 3.96. The summed E-state index contributed by atoms with van der Waals surface area (Å²) in [7, 11) is -4.64. The molecule has 0 aliphatic rings. The van der Waals surface area contributed by atoms with Gasteiger partial charge in [-0.05, 0) is 48.4 Å². The summed E-state index contributed by atoms with van der Waals surface area (Å²) < 4.78 is 46.7. The minimum Gasteiger partial charge on any atom is -0.489 e. The van der Waals surface area contributed by atoms with E-state index in [-0.39, 0.29) is 22.8 Å². The predicted octanol–water partition coefficient (Wildman–Crippen LogP) is 5.61. The minimum atomic E-state index is -4.64. The van der Waals surface area contributed by atoms with Crippen molar-refractivity contribution in [2.75, 3.05) is 13.2 Å². The van der Waals surface area contributed by atoms with Gasteiger partial charge in [0.15, 0.2) is 11.5 Å². The van der Waals surface area contributed by atoms with Crippen LogP contribution in [0.1, 0.15) is 13.8 Å². The van der Waals surface area contributed by atoms with Gasteiger partial charge in [-0.3, -0.25) is 14.7 Å². The van der Waals surface area contributed by atoms with Crippen molar-refractivity contribution in [3.05, 3.63) is 70.8 Å². The minimum absolute atomic E-state index is 0.141. The number of rotatable bonds is 7. The Balaban J connectivity index is 2.25. The molecule has 0 bridgehead atoms. The third-order valence-corrected chi connectivity index (χ3v) is 6.18. The first-order valence-corrected chi connectivity index (χ1v) is 11.7. The van der Waals surface area contributed by atoms with Crippen molar-refractivity contribution in [3.8, 4) is 22.6 Å². The van der Waals surface area contributed by atoms with Crippen LogP contribution in [-0.4, -0.2) is 31.1 Å². The molecule has 0 heterocycles. The van der Waals surface area contributed by atoms with E-state index >= 15 is 0 Å². The lowest BCUT2D eigenvalue weighted by Gasteiger charge is -2.21. The fourth-order valence-electron chi connectivity index (χ4n) is 4.02. The van der Waals surface area contributed by atoms with E-state index in [1.165, 1.54) is 30.3 Å². The Morgan fingerprint density at radius 1 is 0.848 bits per heavy atom. The molecule has 0 atom stereocenters. The maximum atomic E-state index is 12.4. The number of nitro benzene ring substituents is 1. The van der Waals surface area contributed by atoms with E-state index in [2.05, 4.69) is 0 Å². The zero-order valence-electron chi connectivity index (χ0n) is 17.9. The van der Waals surface area contributed by atoms with Gasteiger partial charge in [0.25, 0.3) is 15.8 Å². The van der Waals surface area contributed by atoms with Gasteiger partial charge in [-0.25, -0.2) is 0 Å². The standard InChI is InChI=1S/C24H21NO7S/c1-3-31-23-19-8-6-5-7-17(19)18-13-14-20(33(28,29)30)21(22(18)24(23)32-4-2)15-9-11-16(12-10-15)25(26)27/h5-14H,3-4H2,1-2H3,(H,28,29,30). The number of hydrogen-bond donors (Lipinski definition) is 1. The van der Waals surface area contributed by atoms with Crippen molar-refractivity contribution in [2.45, 2.75) is 18.7 Å². The second kappa shape index (κ2) is 8.68. The molecule has 4 rings (SSSR count). The molecule has 9 heteroatoms. The molecule has 8 nitrogen and oxygen atoms in total. The number of ether oxygens (including phenoxy) is 2. The quantitative estimate of drug-likeness (QED) is 0.162. The SMILES string of the molecule is CCOc1c(OCC)c2c(-c3ccc([N+](=O)[O-])cc3)c(S(=O)(=O)O)ccc2c2ccccc12. The normalized spacial score (nSPS) is 11.6. The molecular formula is C24H21NO7S. The van der Waals surface area contributed by atoms with E-state index in [9.17, 15) is 23.1 Å². The highest BCUT2D eigenvalue weighted by Crippen LogP contribution is 2.49. The number of nitro groups is 1. The van der Waals surface area contributed by atoms with Crippen LogP contribution in [0.2, 0.25) is 0 Å². The summed E-state index contributed by atoms with van der Waals surface area (Å²) in [6.45, 7) is 4.26. The van der Waals surface area contributed by atoms with E-state index in [0.29, 0.717) is 34.4 Å². The Bertz CT molecular complexity index is 1480. The van der Waals surface area contributed by atoms with E-state index in [4.69, 9.17) is 9.47 Å². The van der Waals surface area contributed by atoms with Crippen molar-refractivity contribution in [1.82, 2.24) is 0 Å². The second-order valence-electron chi connectivity index (χ2n) is 7.21. The van der Waals surface area contributed by atoms with Crippen molar-refractivity contribution >= 4 is 37.4 Å². The lowest BCUT2D eigenvalue weighted by molar-refractivity contribution is -0.384. The molecule has 4 aromatic carbocycles. The van der Waals surface area contributed by atoms with Crippen LogP contribution in [0.15, 0.2) is 65.6 Å². The van der Waals surface area contributed by atoms with Crippen molar-refractivity contribution in [2.24, 2.45) is 0 Å². The molecule has 0 fully saturated rings. The first kappa shape index (κ1) is 22.5. The van der Waals surface area contributed by atoms with Gasteiger partial charge in [-0.2, -0.15) is 8.42 Å². The molecule has 0 amide bonds. The number of fused-ring (bicyclic) bond motifs is 3. The second-order valence-corrected chi connectivity index (χ2v) is 8.60. The topological polar surface area (TPSA) is 116 Å². The summed E-state index contributed by atoms with van der Waals surface area (Å²) in [5.74, 6) is 0.796. The Kier molecular flexibility index (Phi) is 5.92. The molecule has 0 radical (unpaired) electrons. The summed E-state index contributed by atoms with van der Waals surface area (Å²) in [6.07, 6.45) is 0. The molecule has 0 saturated carbocycles. The summed E-state index contributed by atoms with van der Waals surface area (Å²) >= 11 is 0. The molecule has 170 valence electrons. The zero-order chi connectivity index (χ0) is 23.8. The van der Waals surface area contributed by atoms with Crippen molar-refractivity contribution in [1.29, 1.82) is 0 Å². The first-order valence-electron chi connectivity index (χ1n) is 10.3. The summed E-state index contributed by atoms with van der Waals surface area (Å²) in [5.41, 5.74) is 0.412. The molecule has 0 aliphatic carbocycles. The van der Waals surface area contributed by atoms with Crippen LogP contribution in [0.5, 0.6) is 11.5 Å². The van der Waals surface area contributed by atoms with Crippen LogP contribution in [0.4, 0.5) is 5.69 Å². The lowest BCUT2D eigenvalue weighted by Crippen LogP contribution is -2.05. The monoisotopic (exact) mass is 467 g/mol. The molecule has 1 N–H and O–H groups in total. The predicted molar refractivity (Wildman–Crippen MR) is 126 cm³/mol. The highest BCUT2D eigenvalue weighted by Gasteiger charge is 2.26. The highest BCUT2D eigenvalue weighted by molar-refractivity contribution is 7.86. The Labute approximate surface area is 190 Å². The first-order chi connectivity index (χ1) is 15.8. The van der Waals surface area contributed by atoms with Gasteiger partial charge in [0.2, 0.25) is 0 Å². The molecular weight excluding hydrogens is 446 g/mol. The van der Waals surface area contributed by atoms with Crippen LogP contribution in [0, 0.1) is 10.1 Å². The van der Waals surface area contributed by atoms with Crippen LogP contribution in [0.25, 0.3) is 32.7 Å². The average molecular weight is 467 g/mol. The fourth-order valence-corrected chi connectivity index (χ4v) is 4.73. The number of non-ortho nitro benzene ring substituents is 1. The maximum Gasteiger partial charge on any atom is 0.295 e. The Hall–Kier alpha value is -3.69. The van der Waals surface area contributed by atoms with Crippen molar-refractivity contribution < 1.29 is 27.4 Å². The Morgan fingerprint density at radius 3 is 2.03 bits per heavy atom. The van der Waals surface area contributed by atoms with Crippen LogP contribution in [-0.2, 0) is 10.1 Å². The summed E-state index contributed by atoms with van der Waals surface area (Å²) in [4.78, 5) is 10.3. The van der Waals surface area contributed by atoms with E-state index in [1.54, 1.807) is 13.0 Å². The average Bonchev–Trinajstić information content (AvgIpc) is 2.80. The van der Waals surface area contributed by atoms with E-state index in [1.807, 2.05) is 31.2 Å². The van der Waals surface area contributed by atoms with Gasteiger partial charge in [-0.15, -0.1) is 0 Å². The van der Waals surface area contributed by atoms with Gasteiger partial charge in [0.1, 0.15) is 4.90 Å². The van der Waals surface area contributed by atoms with Gasteiger partial charge in [0.05, 0.1) is 18.1 Å². The van der Waals surface area contributed by atoms with E-state index in [0.717, 1.165) is 10.8 Å². The number of benzene rings is 4. The summed E-state index contributed by atoms with van der Waals surface area (Å²) in [5, 5.41) is 13.9. The van der Waals surface area contributed by atoms with Crippen LogP contribution in [0.3, 0.4) is 0 Å². The fraction of sp³-hybridized carbons (Fsp3) is 0.167. The molecule has 0 saturated heterocycles. The third-order valence-electron chi connectivity index (χ3n) is 5.28. The molecule has 0 aromatic heterocycles. The number of nitrogens with zero attached hydrogens (tertiary/aromatic N) is 1. The zero-order valence-corrected chi connectivity index (χ0v) is 18.8. The largest absolute Gasteiger partial charge is 0.489 e. The molecule has 0 spiro atoms. The molecule has 4 aromatic rings.